The molecule has 0 bridgehead atoms. The van der Waals surface area contributed by atoms with Gasteiger partial charge in [-0.05, 0) is 30.4 Å². The Morgan fingerprint density at radius 3 is 1.48 bits per heavy atom. The van der Waals surface area contributed by atoms with Crippen LogP contribution in [0.25, 0.3) is 0 Å². The largest absolute Gasteiger partial charge is 0.419 e. The highest BCUT2D eigenvalue weighted by Gasteiger charge is 2.11. The molecule has 6 nitrogen and oxygen atoms in total. The molecule has 0 radical (unpaired) electrons. The lowest BCUT2D eigenvalue weighted by Crippen LogP contribution is -2.32. The fraction of sp³-hybridized carbons (Fsp3) is 0.647. The van der Waals surface area contributed by atoms with Gasteiger partial charge in [0.15, 0.2) is 0 Å². The van der Waals surface area contributed by atoms with Crippen molar-refractivity contribution >= 4 is 12.2 Å². The molecular formula is C17H30N2O4. The topological polar surface area (TPSA) is 59.1 Å². The highest BCUT2D eigenvalue weighted by Crippen LogP contribution is 2.00. The number of ether oxygens (including phenoxy) is 2. The zero-order valence-corrected chi connectivity index (χ0v) is 15.1. The highest BCUT2D eigenvalue weighted by atomic mass is 16.5. The Kier molecular flexibility index (Phi) is 10.6. The molecule has 0 aliphatic heterocycles. The molecule has 0 spiro atoms. The third-order valence-corrected chi connectivity index (χ3v) is 2.88. The SMILES string of the molecule is CC(C)/C=C/OC(=O)N(C)CCCN(C)C(=O)O/C=C/C(C)C. The van der Waals surface area contributed by atoms with E-state index >= 15 is 0 Å². The Balaban J connectivity index is 3.99. The summed E-state index contributed by atoms with van der Waals surface area (Å²) in [5, 5.41) is 0. The summed E-state index contributed by atoms with van der Waals surface area (Å²) in [4.78, 5) is 26.3. The minimum absolute atomic E-state index is 0.331. The summed E-state index contributed by atoms with van der Waals surface area (Å²) in [6.45, 7) is 8.99. The van der Waals surface area contributed by atoms with Gasteiger partial charge in [-0.1, -0.05) is 27.7 Å². The van der Waals surface area contributed by atoms with Gasteiger partial charge in [-0.15, -0.1) is 0 Å². The van der Waals surface area contributed by atoms with Crippen molar-refractivity contribution in [3.8, 4) is 0 Å². The molecule has 0 rings (SSSR count). The molecule has 0 atom stereocenters. The third-order valence-electron chi connectivity index (χ3n) is 2.88. The van der Waals surface area contributed by atoms with E-state index < -0.39 is 12.2 Å². The van der Waals surface area contributed by atoms with Gasteiger partial charge >= 0.3 is 12.2 Å². The first-order valence-corrected chi connectivity index (χ1v) is 7.90. The van der Waals surface area contributed by atoms with Crippen molar-refractivity contribution in [3.05, 3.63) is 24.7 Å². The van der Waals surface area contributed by atoms with Crippen LogP contribution in [-0.2, 0) is 9.47 Å². The zero-order chi connectivity index (χ0) is 17.8. The van der Waals surface area contributed by atoms with E-state index in [-0.39, 0.29) is 0 Å². The predicted octanol–water partition coefficient (Wildman–Crippen LogP) is 3.85. The number of amides is 2. The average molecular weight is 326 g/mol. The fourth-order valence-corrected chi connectivity index (χ4v) is 1.42. The lowest BCUT2D eigenvalue weighted by molar-refractivity contribution is 0.138. The summed E-state index contributed by atoms with van der Waals surface area (Å²) in [5.41, 5.74) is 0. The number of carbonyl (C=O) groups is 2. The average Bonchev–Trinajstić information content (AvgIpc) is 2.45. The Labute approximate surface area is 139 Å². The van der Waals surface area contributed by atoms with E-state index in [0.717, 1.165) is 0 Å². The highest BCUT2D eigenvalue weighted by molar-refractivity contribution is 5.68. The van der Waals surface area contributed by atoms with E-state index in [2.05, 4.69) is 0 Å². The molecule has 0 aromatic rings. The minimum Gasteiger partial charge on any atom is -0.419 e. The van der Waals surface area contributed by atoms with E-state index in [1.54, 1.807) is 26.2 Å². The van der Waals surface area contributed by atoms with Gasteiger partial charge in [0.05, 0.1) is 12.5 Å². The number of rotatable bonds is 8. The molecule has 0 fully saturated rings. The smallest absolute Gasteiger partial charge is 0.414 e. The van der Waals surface area contributed by atoms with Gasteiger partial charge in [-0.2, -0.15) is 0 Å². The summed E-state index contributed by atoms with van der Waals surface area (Å²) in [6.07, 6.45) is 6.25. The molecule has 0 aromatic carbocycles. The van der Waals surface area contributed by atoms with Crippen LogP contribution in [0, 0.1) is 11.8 Å². The Morgan fingerprint density at radius 1 is 0.826 bits per heavy atom. The molecule has 2 amide bonds. The van der Waals surface area contributed by atoms with Crippen molar-refractivity contribution in [2.75, 3.05) is 27.2 Å². The molecular weight excluding hydrogens is 296 g/mol. The molecule has 6 heteroatoms. The molecule has 23 heavy (non-hydrogen) atoms. The van der Waals surface area contributed by atoms with Gasteiger partial charge in [0.1, 0.15) is 0 Å². The molecule has 0 aliphatic carbocycles. The standard InChI is InChI=1S/C17H30N2O4/c1-14(2)8-12-22-16(20)18(5)10-7-11-19(6)17(21)23-13-9-15(3)4/h8-9,12-15H,7,10-11H2,1-6H3/b12-8+,13-9+. The maximum atomic E-state index is 11.7. The molecule has 0 heterocycles. The molecule has 0 saturated heterocycles. The number of nitrogens with zero attached hydrogens (tertiary/aromatic N) is 2. The Hall–Kier alpha value is -1.98. The first kappa shape index (κ1) is 21.0. The van der Waals surface area contributed by atoms with E-state index in [1.165, 1.54) is 22.3 Å². The van der Waals surface area contributed by atoms with Crippen LogP contribution in [0.5, 0.6) is 0 Å². The van der Waals surface area contributed by atoms with Crippen LogP contribution in [0.3, 0.4) is 0 Å². The van der Waals surface area contributed by atoms with Gasteiger partial charge in [-0.25, -0.2) is 9.59 Å². The Bertz CT molecular complexity index is 379. The maximum Gasteiger partial charge on any atom is 0.414 e. The van der Waals surface area contributed by atoms with E-state index in [9.17, 15) is 9.59 Å². The Morgan fingerprint density at radius 2 is 1.17 bits per heavy atom. The van der Waals surface area contributed by atoms with Crippen LogP contribution in [0.1, 0.15) is 34.1 Å². The second kappa shape index (κ2) is 11.6. The molecule has 0 N–H and O–H groups in total. The maximum absolute atomic E-state index is 11.7. The number of carbonyl (C=O) groups excluding carboxylic acids is 2. The van der Waals surface area contributed by atoms with Crippen molar-refractivity contribution in [1.29, 1.82) is 0 Å². The van der Waals surface area contributed by atoms with E-state index in [1.807, 2.05) is 27.7 Å². The van der Waals surface area contributed by atoms with Gasteiger partial charge in [-0.3, -0.25) is 0 Å². The van der Waals surface area contributed by atoms with Crippen LogP contribution in [0.4, 0.5) is 9.59 Å². The van der Waals surface area contributed by atoms with Crippen LogP contribution in [0.2, 0.25) is 0 Å². The quantitative estimate of drug-likeness (QED) is 0.636. The normalized spacial score (nSPS) is 11.5. The van der Waals surface area contributed by atoms with E-state index in [0.29, 0.717) is 31.3 Å². The zero-order valence-electron chi connectivity index (χ0n) is 15.1. The second-order valence-corrected chi connectivity index (χ2v) is 6.11. The second-order valence-electron chi connectivity index (χ2n) is 6.11. The van der Waals surface area contributed by atoms with Gasteiger partial charge in [0, 0.05) is 27.2 Å². The molecule has 0 saturated carbocycles. The van der Waals surface area contributed by atoms with Crippen molar-refractivity contribution < 1.29 is 19.1 Å². The molecule has 0 aromatic heterocycles. The van der Waals surface area contributed by atoms with Crippen molar-refractivity contribution in [2.24, 2.45) is 11.8 Å². The fourth-order valence-electron chi connectivity index (χ4n) is 1.42. The molecule has 0 aliphatic rings. The molecule has 132 valence electrons. The van der Waals surface area contributed by atoms with Crippen molar-refractivity contribution in [2.45, 2.75) is 34.1 Å². The van der Waals surface area contributed by atoms with Crippen molar-refractivity contribution in [1.82, 2.24) is 9.80 Å². The minimum atomic E-state index is -0.410. The third kappa shape index (κ3) is 11.3. The summed E-state index contributed by atoms with van der Waals surface area (Å²) in [5.74, 6) is 0.662. The first-order chi connectivity index (χ1) is 10.7. The van der Waals surface area contributed by atoms with E-state index in [4.69, 9.17) is 9.47 Å². The first-order valence-electron chi connectivity index (χ1n) is 7.90. The summed E-state index contributed by atoms with van der Waals surface area (Å²) >= 11 is 0. The van der Waals surface area contributed by atoms with Gasteiger partial charge in [0.2, 0.25) is 0 Å². The monoisotopic (exact) mass is 326 g/mol. The summed E-state index contributed by atoms with van der Waals surface area (Å²) in [6, 6.07) is 0. The van der Waals surface area contributed by atoms with Gasteiger partial charge in [0.25, 0.3) is 0 Å². The molecule has 0 unspecified atom stereocenters. The predicted molar refractivity (Wildman–Crippen MR) is 90.8 cm³/mol. The lowest BCUT2D eigenvalue weighted by Gasteiger charge is -2.19. The number of hydrogen-bond acceptors (Lipinski definition) is 4. The van der Waals surface area contributed by atoms with Gasteiger partial charge < -0.3 is 19.3 Å². The van der Waals surface area contributed by atoms with Crippen LogP contribution in [-0.4, -0.2) is 49.2 Å². The summed E-state index contributed by atoms with van der Waals surface area (Å²) < 4.78 is 9.97. The number of hydrogen-bond donors (Lipinski definition) is 0. The number of allylic oxidation sites excluding steroid dienone is 2. The summed E-state index contributed by atoms with van der Waals surface area (Å²) in [7, 11) is 3.32. The van der Waals surface area contributed by atoms with Crippen LogP contribution < -0.4 is 0 Å². The van der Waals surface area contributed by atoms with Crippen LogP contribution in [0.15, 0.2) is 24.7 Å². The van der Waals surface area contributed by atoms with Crippen molar-refractivity contribution in [3.63, 3.8) is 0 Å². The lowest BCUT2D eigenvalue weighted by atomic mass is 10.2. The van der Waals surface area contributed by atoms with Crippen LogP contribution >= 0.6 is 0 Å².